The van der Waals surface area contributed by atoms with Crippen LogP contribution in [-0.4, -0.2) is 15.1 Å². The molecule has 0 saturated heterocycles. The fourth-order valence-corrected chi connectivity index (χ4v) is 1.98. The third-order valence-corrected chi connectivity index (χ3v) is 3.12. The van der Waals surface area contributed by atoms with E-state index in [0.29, 0.717) is 5.69 Å². The van der Waals surface area contributed by atoms with Crippen LogP contribution in [0.25, 0.3) is 0 Å². The molecule has 1 aromatic heterocycles. The fraction of sp³-hybridized carbons (Fsp3) is 0.333. The summed E-state index contributed by atoms with van der Waals surface area (Å²) in [5.41, 5.74) is 2.45. The van der Waals surface area contributed by atoms with Gasteiger partial charge < -0.3 is 5.11 Å². The molecular formula is C15H18N2O. The van der Waals surface area contributed by atoms with Crippen LogP contribution >= 0.6 is 0 Å². The van der Waals surface area contributed by atoms with Crippen molar-refractivity contribution < 1.29 is 5.11 Å². The molecule has 0 fully saturated rings. The molecule has 3 nitrogen and oxygen atoms in total. The summed E-state index contributed by atoms with van der Waals surface area (Å²) in [7, 11) is 0. The molecule has 0 aliphatic carbocycles. The molecule has 0 amide bonds. The van der Waals surface area contributed by atoms with Gasteiger partial charge in [0.15, 0.2) is 0 Å². The number of aliphatic hydroxyl groups excluding tert-OH is 1. The summed E-state index contributed by atoms with van der Waals surface area (Å²) < 4.78 is 0. The van der Waals surface area contributed by atoms with Crippen LogP contribution in [0.3, 0.4) is 0 Å². The maximum absolute atomic E-state index is 9.23. The summed E-state index contributed by atoms with van der Waals surface area (Å²) in [6.45, 7) is 6.06. The maximum atomic E-state index is 9.23. The number of benzene rings is 1. The van der Waals surface area contributed by atoms with Crippen molar-refractivity contribution in [2.24, 2.45) is 0 Å². The molecule has 3 heteroatoms. The van der Waals surface area contributed by atoms with Crippen molar-refractivity contribution in [2.75, 3.05) is 0 Å². The lowest BCUT2D eigenvalue weighted by atomic mass is 9.83. The first kappa shape index (κ1) is 12.7. The Kier molecular flexibility index (Phi) is 3.43. The molecule has 2 aromatic rings. The van der Waals surface area contributed by atoms with Crippen LogP contribution in [0.5, 0.6) is 0 Å². The normalized spacial score (nSPS) is 11.6. The fourth-order valence-electron chi connectivity index (χ4n) is 1.98. The van der Waals surface area contributed by atoms with Gasteiger partial charge in [-0.15, -0.1) is 0 Å². The van der Waals surface area contributed by atoms with Crippen molar-refractivity contribution in [1.29, 1.82) is 0 Å². The van der Waals surface area contributed by atoms with Gasteiger partial charge in [0, 0.05) is 11.1 Å². The van der Waals surface area contributed by atoms with E-state index in [-0.39, 0.29) is 12.0 Å². The second kappa shape index (κ2) is 4.86. The van der Waals surface area contributed by atoms with E-state index in [4.69, 9.17) is 0 Å². The third kappa shape index (κ3) is 2.41. The summed E-state index contributed by atoms with van der Waals surface area (Å²) in [5, 5.41) is 9.23. The summed E-state index contributed by atoms with van der Waals surface area (Å²) in [5.74, 6) is 0.748. The van der Waals surface area contributed by atoms with Crippen molar-refractivity contribution in [3.63, 3.8) is 0 Å². The molecule has 1 heterocycles. The van der Waals surface area contributed by atoms with Crippen LogP contribution in [0.4, 0.5) is 0 Å². The molecule has 0 spiro atoms. The first-order valence-corrected chi connectivity index (χ1v) is 6.05. The van der Waals surface area contributed by atoms with Gasteiger partial charge in [-0.2, -0.15) is 0 Å². The van der Waals surface area contributed by atoms with Crippen LogP contribution in [0.2, 0.25) is 0 Å². The first-order chi connectivity index (χ1) is 8.54. The average molecular weight is 242 g/mol. The van der Waals surface area contributed by atoms with E-state index in [1.807, 2.05) is 31.2 Å². The Balaban J connectivity index is 2.50. The second-order valence-corrected chi connectivity index (χ2v) is 4.97. The zero-order valence-electron chi connectivity index (χ0n) is 11.0. The van der Waals surface area contributed by atoms with Crippen molar-refractivity contribution in [3.05, 3.63) is 59.2 Å². The van der Waals surface area contributed by atoms with Crippen LogP contribution in [0.15, 0.2) is 36.4 Å². The third-order valence-electron chi connectivity index (χ3n) is 3.12. The molecule has 1 aromatic carbocycles. The van der Waals surface area contributed by atoms with Gasteiger partial charge in [-0.1, -0.05) is 30.3 Å². The number of rotatable bonds is 3. The molecule has 0 atom stereocenters. The highest BCUT2D eigenvalue weighted by Gasteiger charge is 2.26. The lowest BCUT2D eigenvalue weighted by Gasteiger charge is -2.24. The highest BCUT2D eigenvalue weighted by atomic mass is 16.3. The Morgan fingerprint density at radius 3 is 2.39 bits per heavy atom. The zero-order chi connectivity index (χ0) is 13.2. The average Bonchev–Trinajstić information content (AvgIpc) is 2.39. The lowest BCUT2D eigenvalue weighted by Crippen LogP contribution is -2.23. The van der Waals surface area contributed by atoms with Crippen LogP contribution in [0.1, 0.15) is 36.6 Å². The van der Waals surface area contributed by atoms with Crippen molar-refractivity contribution in [3.8, 4) is 0 Å². The van der Waals surface area contributed by atoms with Gasteiger partial charge in [0.1, 0.15) is 5.82 Å². The minimum Gasteiger partial charge on any atom is -0.390 e. The van der Waals surface area contributed by atoms with E-state index in [2.05, 4.69) is 35.9 Å². The largest absolute Gasteiger partial charge is 0.390 e. The van der Waals surface area contributed by atoms with E-state index < -0.39 is 0 Å². The number of hydrogen-bond acceptors (Lipinski definition) is 3. The molecule has 2 rings (SSSR count). The molecular weight excluding hydrogens is 224 g/mol. The Hall–Kier alpha value is -1.74. The highest BCUT2D eigenvalue weighted by molar-refractivity contribution is 5.31. The van der Waals surface area contributed by atoms with Gasteiger partial charge in [0.05, 0.1) is 12.3 Å². The molecule has 0 unspecified atom stereocenters. The molecule has 1 N–H and O–H groups in total. The van der Waals surface area contributed by atoms with Crippen molar-refractivity contribution in [1.82, 2.24) is 9.97 Å². The van der Waals surface area contributed by atoms with Gasteiger partial charge in [0.2, 0.25) is 0 Å². The van der Waals surface area contributed by atoms with Gasteiger partial charge in [0.25, 0.3) is 0 Å². The number of hydrogen-bond donors (Lipinski definition) is 1. The zero-order valence-corrected chi connectivity index (χ0v) is 11.0. The van der Waals surface area contributed by atoms with Crippen molar-refractivity contribution >= 4 is 0 Å². The molecule has 0 radical (unpaired) electrons. The van der Waals surface area contributed by atoms with Gasteiger partial charge in [-0.3, -0.25) is 0 Å². The number of aryl methyl sites for hydroxylation is 1. The smallest absolute Gasteiger partial charge is 0.138 e. The molecule has 0 aliphatic rings. The Morgan fingerprint density at radius 1 is 1.11 bits per heavy atom. The van der Waals surface area contributed by atoms with Gasteiger partial charge in [-0.25, -0.2) is 9.97 Å². The molecule has 18 heavy (non-hydrogen) atoms. The second-order valence-electron chi connectivity index (χ2n) is 4.97. The predicted octanol–water partition coefficient (Wildman–Crippen LogP) is 2.60. The number of aromatic nitrogens is 2. The Morgan fingerprint density at radius 2 is 1.78 bits per heavy atom. The summed E-state index contributed by atoms with van der Waals surface area (Å²) in [6, 6.07) is 12.0. The Bertz CT molecular complexity index is 535. The number of aliphatic hydroxyl groups is 1. The lowest BCUT2D eigenvalue weighted by molar-refractivity contribution is 0.275. The predicted molar refractivity (Wildman–Crippen MR) is 71.3 cm³/mol. The monoisotopic (exact) mass is 242 g/mol. The van der Waals surface area contributed by atoms with Gasteiger partial charge in [-0.05, 0) is 32.4 Å². The maximum Gasteiger partial charge on any atom is 0.138 e. The Labute approximate surface area is 108 Å². The number of nitrogens with zero attached hydrogens (tertiary/aromatic N) is 2. The standard InChI is InChI=1S/C15H18N2O/c1-11-9-13(10-18)17-14(16-11)15(2,3)12-7-5-4-6-8-12/h4-9,18H,10H2,1-3H3. The summed E-state index contributed by atoms with van der Waals surface area (Å²) in [6.07, 6.45) is 0. The van der Waals surface area contributed by atoms with Crippen LogP contribution in [0, 0.1) is 6.92 Å². The quantitative estimate of drug-likeness (QED) is 0.900. The minimum absolute atomic E-state index is 0.0543. The topological polar surface area (TPSA) is 46.0 Å². The molecule has 94 valence electrons. The van der Waals surface area contributed by atoms with E-state index >= 15 is 0 Å². The first-order valence-electron chi connectivity index (χ1n) is 6.05. The van der Waals surface area contributed by atoms with Gasteiger partial charge >= 0.3 is 0 Å². The van der Waals surface area contributed by atoms with E-state index in [1.165, 1.54) is 5.56 Å². The van der Waals surface area contributed by atoms with Crippen molar-refractivity contribution in [2.45, 2.75) is 32.8 Å². The minimum atomic E-state index is -0.267. The van der Waals surface area contributed by atoms with Crippen LogP contribution < -0.4 is 0 Å². The molecule has 0 aliphatic heterocycles. The summed E-state index contributed by atoms with van der Waals surface area (Å²) >= 11 is 0. The van der Waals surface area contributed by atoms with Crippen LogP contribution in [-0.2, 0) is 12.0 Å². The van der Waals surface area contributed by atoms with E-state index in [9.17, 15) is 5.11 Å². The SMILES string of the molecule is Cc1cc(CO)nc(C(C)(C)c2ccccc2)n1. The van der Waals surface area contributed by atoms with E-state index in [1.54, 1.807) is 0 Å². The molecule has 0 saturated carbocycles. The highest BCUT2D eigenvalue weighted by Crippen LogP contribution is 2.28. The summed E-state index contributed by atoms with van der Waals surface area (Å²) in [4.78, 5) is 8.95. The van der Waals surface area contributed by atoms with E-state index in [0.717, 1.165) is 11.5 Å². The molecule has 0 bridgehead atoms.